The van der Waals surface area contributed by atoms with E-state index in [0.29, 0.717) is 5.69 Å². The second-order valence-corrected chi connectivity index (χ2v) is 6.47. The summed E-state index contributed by atoms with van der Waals surface area (Å²) in [6.07, 6.45) is 0. The summed E-state index contributed by atoms with van der Waals surface area (Å²) in [7, 11) is 0. The summed E-state index contributed by atoms with van der Waals surface area (Å²) in [6.45, 7) is 6.93. The molecule has 0 aromatic heterocycles. The minimum absolute atomic E-state index is 0.196. The highest BCUT2D eigenvalue weighted by molar-refractivity contribution is 5.94. The standard InChI is InChI=1S/C21H24N2O4/c1-13-8-9-17(10-14(13)2)15(3)22-20(25)12-27-21(26)18-6-5-7-19(11-18)23-16(4)24/h5-11,15H,12H2,1-4H3,(H,22,25)(H,23,24)/t15-/m0/s1. The topological polar surface area (TPSA) is 84.5 Å². The molecule has 27 heavy (non-hydrogen) atoms. The summed E-state index contributed by atoms with van der Waals surface area (Å²) < 4.78 is 5.07. The van der Waals surface area contributed by atoms with E-state index in [1.54, 1.807) is 18.2 Å². The predicted molar refractivity (Wildman–Crippen MR) is 104 cm³/mol. The van der Waals surface area contributed by atoms with Gasteiger partial charge in [0.2, 0.25) is 5.91 Å². The molecular weight excluding hydrogens is 344 g/mol. The zero-order valence-corrected chi connectivity index (χ0v) is 16.0. The largest absolute Gasteiger partial charge is 0.452 e. The highest BCUT2D eigenvalue weighted by atomic mass is 16.5. The van der Waals surface area contributed by atoms with Gasteiger partial charge in [-0.05, 0) is 55.7 Å². The van der Waals surface area contributed by atoms with E-state index in [9.17, 15) is 14.4 Å². The number of carbonyl (C=O) groups is 3. The zero-order valence-electron chi connectivity index (χ0n) is 16.0. The van der Waals surface area contributed by atoms with Gasteiger partial charge in [-0.1, -0.05) is 24.3 Å². The molecule has 1 atom stereocenters. The SMILES string of the molecule is CC(=O)Nc1cccc(C(=O)OCC(=O)N[C@@H](C)c2ccc(C)c(C)c2)c1. The fourth-order valence-corrected chi connectivity index (χ4v) is 2.54. The molecule has 0 aliphatic carbocycles. The normalized spacial score (nSPS) is 11.4. The van der Waals surface area contributed by atoms with Crippen molar-refractivity contribution in [2.75, 3.05) is 11.9 Å². The Bertz CT molecular complexity index is 861. The monoisotopic (exact) mass is 368 g/mol. The fourth-order valence-electron chi connectivity index (χ4n) is 2.54. The van der Waals surface area contributed by atoms with Gasteiger partial charge in [0, 0.05) is 12.6 Å². The van der Waals surface area contributed by atoms with E-state index in [1.165, 1.54) is 18.6 Å². The number of amides is 2. The number of hydrogen-bond acceptors (Lipinski definition) is 4. The summed E-state index contributed by atoms with van der Waals surface area (Å²) in [5.41, 5.74) is 4.08. The lowest BCUT2D eigenvalue weighted by molar-refractivity contribution is -0.124. The molecule has 6 nitrogen and oxygen atoms in total. The van der Waals surface area contributed by atoms with Crippen molar-refractivity contribution in [3.63, 3.8) is 0 Å². The summed E-state index contributed by atoms with van der Waals surface area (Å²) >= 11 is 0. The van der Waals surface area contributed by atoms with Crippen molar-refractivity contribution in [3.8, 4) is 0 Å². The molecule has 2 aromatic rings. The van der Waals surface area contributed by atoms with Crippen LogP contribution in [0.4, 0.5) is 5.69 Å². The summed E-state index contributed by atoms with van der Waals surface area (Å²) in [5, 5.41) is 5.41. The summed E-state index contributed by atoms with van der Waals surface area (Å²) in [6, 6.07) is 12.2. The lowest BCUT2D eigenvalue weighted by atomic mass is 10.0. The van der Waals surface area contributed by atoms with Crippen molar-refractivity contribution < 1.29 is 19.1 Å². The van der Waals surface area contributed by atoms with Crippen molar-refractivity contribution in [1.29, 1.82) is 0 Å². The van der Waals surface area contributed by atoms with E-state index < -0.39 is 5.97 Å². The number of esters is 1. The van der Waals surface area contributed by atoms with Gasteiger partial charge in [-0.2, -0.15) is 0 Å². The van der Waals surface area contributed by atoms with Gasteiger partial charge in [0.15, 0.2) is 6.61 Å². The third kappa shape index (κ3) is 5.95. The third-order valence-electron chi connectivity index (χ3n) is 4.16. The Balaban J connectivity index is 1.90. The Labute approximate surface area is 158 Å². The quantitative estimate of drug-likeness (QED) is 0.766. The number of anilines is 1. The first-order valence-electron chi connectivity index (χ1n) is 8.67. The van der Waals surface area contributed by atoms with Crippen LogP contribution in [-0.4, -0.2) is 24.4 Å². The van der Waals surface area contributed by atoms with Gasteiger partial charge < -0.3 is 15.4 Å². The molecule has 142 valence electrons. The van der Waals surface area contributed by atoms with Crippen LogP contribution in [0.1, 0.15) is 46.9 Å². The van der Waals surface area contributed by atoms with Gasteiger partial charge in [-0.3, -0.25) is 9.59 Å². The Hall–Kier alpha value is -3.15. The summed E-state index contributed by atoms with van der Waals surface area (Å²) in [4.78, 5) is 35.3. The second-order valence-electron chi connectivity index (χ2n) is 6.47. The van der Waals surface area contributed by atoms with Crippen LogP contribution < -0.4 is 10.6 Å². The molecule has 0 aliphatic heterocycles. The van der Waals surface area contributed by atoms with Crippen molar-refractivity contribution >= 4 is 23.5 Å². The molecule has 0 spiro atoms. The van der Waals surface area contributed by atoms with E-state index in [1.807, 2.05) is 39.0 Å². The molecule has 0 fully saturated rings. The fraction of sp³-hybridized carbons (Fsp3) is 0.286. The maximum atomic E-state index is 12.1. The van der Waals surface area contributed by atoms with Crippen LogP contribution >= 0.6 is 0 Å². The van der Waals surface area contributed by atoms with Gasteiger partial charge >= 0.3 is 5.97 Å². The molecular formula is C21H24N2O4. The smallest absolute Gasteiger partial charge is 0.338 e. The number of benzene rings is 2. The van der Waals surface area contributed by atoms with Crippen LogP contribution in [-0.2, 0) is 14.3 Å². The number of ether oxygens (including phenoxy) is 1. The number of hydrogen-bond donors (Lipinski definition) is 2. The second kappa shape index (κ2) is 8.98. The molecule has 0 bridgehead atoms. The van der Waals surface area contributed by atoms with E-state index in [2.05, 4.69) is 10.6 Å². The molecule has 2 N–H and O–H groups in total. The van der Waals surface area contributed by atoms with Crippen LogP contribution in [0, 0.1) is 13.8 Å². The molecule has 2 rings (SSSR count). The van der Waals surface area contributed by atoms with Crippen molar-refractivity contribution in [3.05, 3.63) is 64.7 Å². The van der Waals surface area contributed by atoms with Gasteiger partial charge in [0.1, 0.15) is 0 Å². The van der Waals surface area contributed by atoms with E-state index >= 15 is 0 Å². The van der Waals surface area contributed by atoms with Crippen LogP contribution in [0.15, 0.2) is 42.5 Å². The van der Waals surface area contributed by atoms with Gasteiger partial charge in [0.05, 0.1) is 11.6 Å². The van der Waals surface area contributed by atoms with E-state index in [4.69, 9.17) is 4.74 Å². The lowest BCUT2D eigenvalue weighted by Gasteiger charge is -2.16. The van der Waals surface area contributed by atoms with Crippen LogP contribution in [0.5, 0.6) is 0 Å². The Kier molecular flexibility index (Phi) is 6.71. The Morgan fingerprint density at radius 3 is 2.44 bits per heavy atom. The first kappa shape index (κ1) is 20.2. The van der Waals surface area contributed by atoms with Crippen molar-refractivity contribution in [2.24, 2.45) is 0 Å². The minimum Gasteiger partial charge on any atom is -0.452 e. The first-order valence-corrected chi connectivity index (χ1v) is 8.67. The number of nitrogens with one attached hydrogen (secondary N) is 2. The van der Waals surface area contributed by atoms with Gasteiger partial charge in [-0.25, -0.2) is 4.79 Å². The average Bonchev–Trinajstić information content (AvgIpc) is 2.61. The number of aryl methyl sites for hydroxylation is 2. The molecule has 0 radical (unpaired) electrons. The van der Waals surface area contributed by atoms with E-state index in [0.717, 1.165) is 11.1 Å². The average molecular weight is 368 g/mol. The van der Waals surface area contributed by atoms with Gasteiger partial charge in [-0.15, -0.1) is 0 Å². The summed E-state index contributed by atoms with van der Waals surface area (Å²) in [5.74, 6) is -1.25. The predicted octanol–water partition coefficient (Wildman–Crippen LogP) is 3.30. The molecule has 6 heteroatoms. The number of rotatable bonds is 6. The Morgan fingerprint density at radius 1 is 1.04 bits per heavy atom. The molecule has 0 aliphatic rings. The highest BCUT2D eigenvalue weighted by Gasteiger charge is 2.14. The third-order valence-corrected chi connectivity index (χ3v) is 4.16. The molecule has 0 heterocycles. The first-order chi connectivity index (χ1) is 12.8. The van der Waals surface area contributed by atoms with Crippen molar-refractivity contribution in [2.45, 2.75) is 33.7 Å². The van der Waals surface area contributed by atoms with Crippen LogP contribution in [0.25, 0.3) is 0 Å². The minimum atomic E-state index is -0.629. The maximum Gasteiger partial charge on any atom is 0.338 e. The van der Waals surface area contributed by atoms with Crippen LogP contribution in [0.2, 0.25) is 0 Å². The number of carbonyl (C=O) groups excluding carboxylic acids is 3. The molecule has 0 unspecified atom stereocenters. The highest BCUT2D eigenvalue weighted by Crippen LogP contribution is 2.17. The lowest BCUT2D eigenvalue weighted by Crippen LogP contribution is -2.31. The van der Waals surface area contributed by atoms with Gasteiger partial charge in [0.25, 0.3) is 5.91 Å². The molecule has 0 saturated heterocycles. The molecule has 2 aromatic carbocycles. The molecule has 0 saturated carbocycles. The Morgan fingerprint density at radius 2 is 1.78 bits per heavy atom. The maximum absolute atomic E-state index is 12.1. The zero-order chi connectivity index (χ0) is 20.0. The van der Waals surface area contributed by atoms with Crippen molar-refractivity contribution in [1.82, 2.24) is 5.32 Å². The molecule has 2 amide bonds. The van der Waals surface area contributed by atoms with Crippen LogP contribution in [0.3, 0.4) is 0 Å². The van der Waals surface area contributed by atoms with E-state index in [-0.39, 0.29) is 30.0 Å².